The second-order valence-electron chi connectivity index (χ2n) is 8.78. The molecule has 2 N–H and O–H groups in total. The zero-order chi connectivity index (χ0) is 23.5. The molecule has 0 aliphatic carbocycles. The van der Waals surface area contributed by atoms with Crippen LogP contribution in [0.1, 0.15) is 45.2 Å². The van der Waals surface area contributed by atoms with E-state index in [-0.39, 0.29) is 23.2 Å². The minimum absolute atomic E-state index is 0.0623. The maximum atomic E-state index is 13.5. The first kappa shape index (κ1) is 21.5. The van der Waals surface area contributed by atoms with E-state index in [2.05, 4.69) is 10.2 Å². The van der Waals surface area contributed by atoms with Crippen molar-refractivity contribution in [1.82, 2.24) is 15.1 Å². The number of sulfone groups is 1. The van der Waals surface area contributed by atoms with Crippen molar-refractivity contribution in [2.45, 2.75) is 32.4 Å². The molecule has 8 nitrogen and oxygen atoms in total. The zero-order valence-corrected chi connectivity index (χ0v) is 19.4. The molecule has 0 spiro atoms. The summed E-state index contributed by atoms with van der Waals surface area (Å²) in [5, 5.41) is 18.1. The summed E-state index contributed by atoms with van der Waals surface area (Å²) in [5.74, 6) is 0.506. The van der Waals surface area contributed by atoms with E-state index in [4.69, 9.17) is 4.74 Å². The Balaban J connectivity index is 1.70. The molecule has 2 atom stereocenters. The van der Waals surface area contributed by atoms with Crippen molar-refractivity contribution < 1.29 is 23.1 Å². The molecule has 1 saturated heterocycles. The Morgan fingerprint density at radius 2 is 1.91 bits per heavy atom. The fourth-order valence-electron chi connectivity index (χ4n) is 5.00. The van der Waals surface area contributed by atoms with E-state index in [1.807, 2.05) is 50.2 Å². The molecule has 0 radical (unpaired) electrons. The molecule has 5 rings (SSSR count). The van der Waals surface area contributed by atoms with Crippen LogP contribution in [-0.2, 0) is 9.84 Å². The highest BCUT2D eigenvalue weighted by molar-refractivity contribution is 7.91. The average Bonchev–Trinajstić information content (AvgIpc) is 3.44. The van der Waals surface area contributed by atoms with Crippen LogP contribution in [-0.4, -0.2) is 59.2 Å². The SMILES string of the molecule is COc1ccc(C2c3c(-c4cc(C)cc(C)c4O)n[nH]c3C(=O)N2C2CCS(=O)(=O)C2)cc1. The summed E-state index contributed by atoms with van der Waals surface area (Å²) in [6, 6.07) is 10.1. The topological polar surface area (TPSA) is 113 Å². The molecular formula is C24H25N3O5S. The summed E-state index contributed by atoms with van der Waals surface area (Å²) >= 11 is 0. The number of nitrogens with one attached hydrogen (secondary N) is 1. The Bertz CT molecular complexity index is 1360. The number of aromatic hydroxyl groups is 1. The molecule has 3 heterocycles. The Morgan fingerprint density at radius 3 is 2.55 bits per heavy atom. The van der Waals surface area contributed by atoms with Gasteiger partial charge in [-0.15, -0.1) is 0 Å². The van der Waals surface area contributed by atoms with Gasteiger partial charge in [0.25, 0.3) is 5.91 Å². The Labute approximate surface area is 192 Å². The number of aryl methyl sites for hydroxylation is 2. The number of phenolic OH excluding ortho intramolecular Hbond substituents is 1. The number of H-pyrrole nitrogens is 1. The predicted molar refractivity (Wildman–Crippen MR) is 123 cm³/mol. The number of aromatic amines is 1. The highest BCUT2D eigenvalue weighted by Gasteiger charge is 2.48. The normalized spacial score (nSPS) is 21.4. The van der Waals surface area contributed by atoms with Crippen LogP contribution < -0.4 is 4.74 Å². The van der Waals surface area contributed by atoms with Crippen LogP contribution in [0.15, 0.2) is 36.4 Å². The van der Waals surface area contributed by atoms with Gasteiger partial charge >= 0.3 is 0 Å². The van der Waals surface area contributed by atoms with Gasteiger partial charge in [0.05, 0.1) is 24.7 Å². The van der Waals surface area contributed by atoms with E-state index < -0.39 is 21.9 Å². The van der Waals surface area contributed by atoms with Gasteiger partial charge in [-0.2, -0.15) is 5.10 Å². The highest BCUT2D eigenvalue weighted by Crippen LogP contribution is 2.47. The lowest BCUT2D eigenvalue weighted by Gasteiger charge is -2.31. The lowest BCUT2D eigenvalue weighted by Crippen LogP contribution is -2.40. The third-order valence-electron chi connectivity index (χ3n) is 6.54. The molecule has 1 fully saturated rings. The molecule has 2 aliphatic rings. The number of methoxy groups -OCH3 is 1. The van der Waals surface area contributed by atoms with Gasteiger partial charge in [-0.1, -0.05) is 18.2 Å². The van der Waals surface area contributed by atoms with Gasteiger partial charge in [-0.3, -0.25) is 9.89 Å². The van der Waals surface area contributed by atoms with Crippen molar-refractivity contribution in [3.8, 4) is 22.8 Å². The quantitative estimate of drug-likeness (QED) is 0.610. The first-order valence-corrected chi connectivity index (χ1v) is 12.6. The molecule has 1 aromatic heterocycles. The number of benzene rings is 2. The minimum Gasteiger partial charge on any atom is -0.507 e. The summed E-state index contributed by atoms with van der Waals surface area (Å²) in [7, 11) is -1.62. The van der Waals surface area contributed by atoms with Gasteiger partial charge in [0, 0.05) is 17.2 Å². The summed E-state index contributed by atoms with van der Waals surface area (Å²) in [4.78, 5) is 15.2. The van der Waals surface area contributed by atoms with Crippen LogP contribution in [0.3, 0.4) is 0 Å². The van der Waals surface area contributed by atoms with Crippen molar-refractivity contribution in [3.63, 3.8) is 0 Å². The minimum atomic E-state index is -3.20. The number of rotatable bonds is 4. The number of nitrogens with zero attached hydrogens (tertiary/aromatic N) is 2. The van der Waals surface area contributed by atoms with E-state index >= 15 is 0 Å². The molecule has 2 aromatic carbocycles. The second-order valence-corrected chi connectivity index (χ2v) is 11.0. The van der Waals surface area contributed by atoms with Gasteiger partial charge in [-0.05, 0) is 55.2 Å². The van der Waals surface area contributed by atoms with E-state index in [9.17, 15) is 18.3 Å². The van der Waals surface area contributed by atoms with Crippen molar-refractivity contribution in [2.24, 2.45) is 0 Å². The van der Waals surface area contributed by atoms with Crippen LogP contribution in [0.25, 0.3) is 11.3 Å². The average molecular weight is 468 g/mol. The maximum absolute atomic E-state index is 13.5. The maximum Gasteiger partial charge on any atom is 0.273 e. The van der Waals surface area contributed by atoms with Crippen LogP contribution >= 0.6 is 0 Å². The number of amides is 1. The number of carbonyl (C=O) groups excluding carboxylic acids is 1. The van der Waals surface area contributed by atoms with Crippen LogP contribution in [0.2, 0.25) is 0 Å². The standard InChI is InChI=1S/C24H25N3O5S/c1-13-10-14(2)23(28)18(11-13)20-19-21(26-25-20)24(29)27(16-8-9-33(30,31)12-16)22(19)15-4-6-17(32-3)7-5-15/h4-7,10-11,16,22,28H,8-9,12H2,1-3H3,(H,25,26). The van der Waals surface area contributed by atoms with E-state index in [1.165, 1.54) is 0 Å². The van der Waals surface area contributed by atoms with Gasteiger partial charge in [0.2, 0.25) is 0 Å². The molecule has 172 valence electrons. The molecule has 3 aromatic rings. The summed E-state index contributed by atoms with van der Waals surface area (Å²) < 4.78 is 29.8. The number of fused-ring (bicyclic) bond motifs is 1. The number of aromatic nitrogens is 2. The lowest BCUT2D eigenvalue weighted by molar-refractivity contribution is 0.0677. The Morgan fingerprint density at radius 1 is 1.18 bits per heavy atom. The summed E-state index contributed by atoms with van der Waals surface area (Å²) in [5.41, 5.74) is 4.50. The van der Waals surface area contributed by atoms with Crippen molar-refractivity contribution >= 4 is 15.7 Å². The molecule has 1 amide bonds. The molecule has 2 aliphatic heterocycles. The van der Waals surface area contributed by atoms with Gasteiger partial charge in [-0.25, -0.2) is 8.42 Å². The summed E-state index contributed by atoms with van der Waals surface area (Å²) in [6.45, 7) is 3.76. The smallest absolute Gasteiger partial charge is 0.273 e. The third-order valence-corrected chi connectivity index (χ3v) is 8.29. The second kappa shape index (κ2) is 7.62. The molecule has 9 heteroatoms. The fraction of sp³-hybridized carbons (Fsp3) is 0.333. The molecule has 2 unspecified atom stereocenters. The van der Waals surface area contributed by atoms with Gasteiger partial charge in [0.1, 0.15) is 22.9 Å². The van der Waals surface area contributed by atoms with Crippen molar-refractivity contribution in [2.75, 3.05) is 18.6 Å². The Hall–Kier alpha value is -3.33. The molecular weight excluding hydrogens is 442 g/mol. The van der Waals surface area contributed by atoms with E-state index in [0.717, 1.165) is 11.1 Å². The van der Waals surface area contributed by atoms with E-state index in [0.29, 0.717) is 40.2 Å². The number of carbonyl (C=O) groups is 1. The van der Waals surface area contributed by atoms with Crippen molar-refractivity contribution in [3.05, 3.63) is 64.3 Å². The molecule has 0 bridgehead atoms. The number of hydrogen-bond acceptors (Lipinski definition) is 6. The van der Waals surface area contributed by atoms with Crippen LogP contribution in [0.4, 0.5) is 0 Å². The first-order valence-electron chi connectivity index (χ1n) is 10.8. The summed E-state index contributed by atoms with van der Waals surface area (Å²) in [6.07, 6.45) is 0.391. The van der Waals surface area contributed by atoms with E-state index in [1.54, 1.807) is 12.0 Å². The van der Waals surface area contributed by atoms with Gasteiger partial charge < -0.3 is 14.7 Å². The van der Waals surface area contributed by atoms with Crippen molar-refractivity contribution in [1.29, 1.82) is 0 Å². The zero-order valence-electron chi connectivity index (χ0n) is 18.6. The first-order chi connectivity index (χ1) is 15.7. The monoisotopic (exact) mass is 467 g/mol. The molecule has 33 heavy (non-hydrogen) atoms. The predicted octanol–water partition coefficient (Wildman–Crippen LogP) is 3.14. The fourth-order valence-corrected chi connectivity index (χ4v) is 6.71. The lowest BCUT2D eigenvalue weighted by atomic mass is 9.93. The number of hydrogen-bond donors (Lipinski definition) is 2. The number of phenols is 1. The van der Waals surface area contributed by atoms with Gasteiger partial charge in [0.15, 0.2) is 9.84 Å². The number of ether oxygens (including phenoxy) is 1. The highest BCUT2D eigenvalue weighted by atomic mass is 32.2. The third kappa shape index (κ3) is 3.47. The van der Waals surface area contributed by atoms with Crippen LogP contribution in [0.5, 0.6) is 11.5 Å². The largest absolute Gasteiger partial charge is 0.507 e. The van der Waals surface area contributed by atoms with Crippen LogP contribution in [0, 0.1) is 13.8 Å². The Kier molecular flexibility index (Phi) is 4.97. The molecule has 0 saturated carbocycles.